The van der Waals surface area contributed by atoms with Gasteiger partial charge in [0.2, 0.25) is 5.43 Å². The molecule has 4 nitrogen and oxygen atoms in total. The SMILES string of the molecule is C=C(OCC)c1c(N2CCCCC2)c(=O)c1=O. The van der Waals surface area contributed by atoms with Crippen molar-refractivity contribution in [1.29, 1.82) is 0 Å². The van der Waals surface area contributed by atoms with Gasteiger partial charge in [-0.25, -0.2) is 0 Å². The van der Waals surface area contributed by atoms with Gasteiger partial charge in [0.05, 0.1) is 12.2 Å². The molecule has 1 aromatic carbocycles. The molecule has 92 valence electrons. The minimum absolute atomic E-state index is 0.331. The van der Waals surface area contributed by atoms with Gasteiger partial charge in [-0.3, -0.25) is 9.59 Å². The molecule has 0 saturated carbocycles. The first-order valence-corrected chi connectivity index (χ1v) is 6.07. The summed E-state index contributed by atoms with van der Waals surface area (Å²) in [5.41, 5.74) is 0.0682. The Kier molecular flexibility index (Phi) is 3.31. The first kappa shape index (κ1) is 11.9. The molecule has 1 saturated heterocycles. The van der Waals surface area contributed by atoms with Gasteiger partial charge in [-0.05, 0) is 26.2 Å². The lowest BCUT2D eigenvalue weighted by Crippen LogP contribution is -2.45. The molecule has 0 atom stereocenters. The summed E-state index contributed by atoms with van der Waals surface area (Å²) in [6, 6.07) is 0. The van der Waals surface area contributed by atoms with Crippen LogP contribution in [-0.2, 0) is 4.74 Å². The van der Waals surface area contributed by atoms with Gasteiger partial charge in [0.15, 0.2) is 0 Å². The summed E-state index contributed by atoms with van der Waals surface area (Å²) in [5.74, 6) is 0.331. The second-order valence-corrected chi connectivity index (χ2v) is 4.29. The smallest absolute Gasteiger partial charge is 0.250 e. The van der Waals surface area contributed by atoms with Gasteiger partial charge in [0.1, 0.15) is 11.4 Å². The van der Waals surface area contributed by atoms with E-state index in [2.05, 4.69) is 6.58 Å². The Balaban J connectivity index is 2.28. The van der Waals surface area contributed by atoms with Gasteiger partial charge in [0, 0.05) is 13.1 Å². The molecular formula is C13H17NO3. The number of nitrogens with zero attached hydrogens (tertiary/aromatic N) is 1. The maximum atomic E-state index is 11.6. The molecule has 2 rings (SSSR count). The lowest BCUT2D eigenvalue weighted by atomic mass is 10.0. The fourth-order valence-electron chi connectivity index (χ4n) is 2.30. The second kappa shape index (κ2) is 4.73. The van der Waals surface area contributed by atoms with Gasteiger partial charge in [-0.1, -0.05) is 6.58 Å². The maximum absolute atomic E-state index is 11.6. The van der Waals surface area contributed by atoms with Crippen molar-refractivity contribution in [2.24, 2.45) is 0 Å². The Labute approximate surface area is 100 Å². The summed E-state index contributed by atoms with van der Waals surface area (Å²) < 4.78 is 5.23. The highest BCUT2D eigenvalue weighted by atomic mass is 16.5. The number of rotatable bonds is 4. The van der Waals surface area contributed by atoms with Crippen LogP contribution in [0.4, 0.5) is 5.69 Å². The van der Waals surface area contributed by atoms with Gasteiger partial charge >= 0.3 is 0 Å². The van der Waals surface area contributed by atoms with Crippen molar-refractivity contribution in [1.82, 2.24) is 0 Å². The molecule has 0 aromatic heterocycles. The van der Waals surface area contributed by atoms with Gasteiger partial charge in [0.25, 0.3) is 5.43 Å². The lowest BCUT2D eigenvalue weighted by Gasteiger charge is -2.31. The predicted octanol–water partition coefficient (Wildman–Crippen LogP) is 1.28. The van der Waals surface area contributed by atoms with Crippen LogP contribution < -0.4 is 15.8 Å². The topological polar surface area (TPSA) is 46.6 Å². The molecule has 0 aliphatic carbocycles. The average molecular weight is 235 g/mol. The molecule has 4 heteroatoms. The minimum Gasteiger partial charge on any atom is -0.494 e. The van der Waals surface area contributed by atoms with E-state index in [0.29, 0.717) is 23.6 Å². The Morgan fingerprint density at radius 3 is 2.47 bits per heavy atom. The largest absolute Gasteiger partial charge is 0.494 e. The molecule has 0 N–H and O–H groups in total. The van der Waals surface area contributed by atoms with Crippen LogP contribution in [0.15, 0.2) is 16.2 Å². The first-order chi connectivity index (χ1) is 8.16. The van der Waals surface area contributed by atoms with E-state index in [1.165, 1.54) is 6.42 Å². The molecule has 0 radical (unpaired) electrons. The van der Waals surface area contributed by atoms with Crippen LogP contribution >= 0.6 is 0 Å². The molecule has 1 aliphatic heterocycles. The summed E-state index contributed by atoms with van der Waals surface area (Å²) in [7, 11) is 0. The first-order valence-electron chi connectivity index (χ1n) is 6.07. The molecule has 17 heavy (non-hydrogen) atoms. The van der Waals surface area contributed by atoms with E-state index in [1.54, 1.807) is 0 Å². The molecule has 0 amide bonds. The van der Waals surface area contributed by atoms with E-state index in [4.69, 9.17) is 4.74 Å². The van der Waals surface area contributed by atoms with E-state index >= 15 is 0 Å². The zero-order valence-electron chi connectivity index (χ0n) is 10.1. The highest BCUT2D eigenvalue weighted by molar-refractivity contribution is 5.76. The minimum atomic E-state index is -0.455. The molecule has 0 unspecified atom stereocenters. The summed E-state index contributed by atoms with van der Waals surface area (Å²) in [6.07, 6.45) is 3.33. The zero-order chi connectivity index (χ0) is 12.4. The Bertz CT molecular complexity index is 491. The zero-order valence-corrected chi connectivity index (χ0v) is 10.1. The molecule has 1 aromatic rings. The lowest BCUT2D eigenvalue weighted by molar-refractivity contribution is 0.298. The van der Waals surface area contributed by atoms with Crippen molar-refractivity contribution in [3.05, 3.63) is 32.6 Å². The molecule has 1 aliphatic rings. The number of anilines is 1. The van der Waals surface area contributed by atoms with Crippen LogP contribution in [0.1, 0.15) is 31.7 Å². The number of ether oxygens (including phenoxy) is 1. The van der Waals surface area contributed by atoms with Crippen LogP contribution in [0.5, 0.6) is 0 Å². The van der Waals surface area contributed by atoms with Crippen LogP contribution in [0.3, 0.4) is 0 Å². The Hall–Kier alpha value is -1.58. The van der Waals surface area contributed by atoms with E-state index in [1.807, 2.05) is 11.8 Å². The van der Waals surface area contributed by atoms with Crippen LogP contribution in [0, 0.1) is 0 Å². The van der Waals surface area contributed by atoms with E-state index in [9.17, 15) is 9.59 Å². The van der Waals surface area contributed by atoms with Crippen molar-refractivity contribution in [2.75, 3.05) is 24.6 Å². The molecule has 0 bridgehead atoms. The van der Waals surface area contributed by atoms with E-state index < -0.39 is 5.43 Å². The molecular weight excluding hydrogens is 218 g/mol. The fourth-order valence-corrected chi connectivity index (χ4v) is 2.30. The van der Waals surface area contributed by atoms with Gasteiger partial charge < -0.3 is 9.64 Å². The third-order valence-corrected chi connectivity index (χ3v) is 3.15. The summed E-state index contributed by atoms with van der Waals surface area (Å²) in [5, 5.41) is 0. The normalized spacial score (nSPS) is 16.2. The summed E-state index contributed by atoms with van der Waals surface area (Å²) in [4.78, 5) is 25.2. The van der Waals surface area contributed by atoms with Gasteiger partial charge in [-0.2, -0.15) is 0 Å². The maximum Gasteiger partial charge on any atom is 0.250 e. The van der Waals surface area contributed by atoms with Gasteiger partial charge in [-0.15, -0.1) is 0 Å². The third kappa shape index (κ3) is 1.99. The number of hydrogen-bond donors (Lipinski definition) is 0. The monoisotopic (exact) mass is 235 g/mol. The van der Waals surface area contributed by atoms with Crippen molar-refractivity contribution in [3.63, 3.8) is 0 Å². The van der Waals surface area contributed by atoms with E-state index in [-0.39, 0.29) is 5.43 Å². The van der Waals surface area contributed by atoms with Crippen molar-refractivity contribution in [2.45, 2.75) is 26.2 Å². The van der Waals surface area contributed by atoms with Crippen LogP contribution in [0.2, 0.25) is 0 Å². The summed E-state index contributed by atoms with van der Waals surface area (Å²) in [6.45, 7) is 7.69. The third-order valence-electron chi connectivity index (χ3n) is 3.15. The highest BCUT2D eigenvalue weighted by Gasteiger charge is 2.28. The quantitative estimate of drug-likeness (QED) is 0.582. The highest BCUT2D eigenvalue weighted by Crippen LogP contribution is 2.25. The number of hydrogen-bond acceptors (Lipinski definition) is 4. The van der Waals surface area contributed by atoms with Crippen molar-refractivity contribution in [3.8, 4) is 0 Å². The second-order valence-electron chi connectivity index (χ2n) is 4.29. The van der Waals surface area contributed by atoms with Crippen molar-refractivity contribution >= 4 is 11.4 Å². The molecule has 0 spiro atoms. The van der Waals surface area contributed by atoms with Crippen LogP contribution in [0.25, 0.3) is 5.76 Å². The average Bonchev–Trinajstić information content (AvgIpc) is 2.35. The molecule has 1 heterocycles. The summed E-state index contributed by atoms with van der Waals surface area (Å²) >= 11 is 0. The number of piperidine rings is 1. The molecule has 1 fully saturated rings. The van der Waals surface area contributed by atoms with Crippen molar-refractivity contribution < 1.29 is 4.74 Å². The Morgan fingerprint density at radius 2 is 1.88 bits per heavy atom. The van der Waals surface area contributed by atoms with E-state index in [0.717, 1.165) is 25.9 Å². The van der Waals surface area contributed by atoms with Crippen LogP contribution in [-0.4, -0.2) is 19.7 Å². The fraction of sp³-hybridized carbons (Fsp3) is 0.538. The standard InChI is InChI=1S/C13H17NO3/c1-3-17-9(2)10-11(13(16)12(10)15)14-7-5-4-6-8-14/h2-8H2,1H3. The predicted molar refractivity (Wildman–Crippen MR) is 68.1 cm³/mol. The Morgan fingerprint density at radius 1 is 1.24 bits per heavy atom.